The highest BCUT2D eigenvalue weighted by atomic mass is 32.1. The van der Waals surface area contributed by atoms with Crippen LogP contribution in [-0.4, -0.2) is 58.9 Å². The van der Waals surface area contributed by atoms with Crippen LogP contribution < -0.4 is 16.0 Å². The quantitative estimate of drug-likeness (QED) is 0.262. The van der Waals surface area contributed by atoms with Crippen molar-refractivity contribution in [2.45, 2.75) is 6.42 Å². The Morgan fingerprint density at radius 2 is 1.51 bits per heavy atom. The third-order valence-corrected chi connectivity index (χ3v) is 7.80. The molecule has 4 rings (SSSR count). The lowest BCUT2D eigenvalue weighted by Gasteiger charge is -2.10. The van der Waals surface area contributed by atoms with Crippen molar-refractivity contribution < 1.29 is 14.4 Å². The number of carbonyl (C=O) groups is 3. The normalized spacial score (nSPS) is 11.1. The molecule has 37 heavy (non-hydrogen) atoms. The molecule has 11 heteroatoms. The summed E-state index contributed by atoms with van der Waals surface area (Å²) in [5, 5.41) is 10.6. The maximum atomic E-state index is 12.9. The highest BCUT2D eigenvalue weighted by Crippen LogP contribution is 2.32. The van der Waals surface area contributed by atoms with Crippen molar-refractivity contribution in [3.05, 3.63) is 70.4 Å². The number of aromatic nitrogens is 2. The van der Waals surface area contributed by atoms with Gasteiger partial charge in [-0.15, -0.1) is 22.7 Å². The van der Waals surface area contributed by atoms with Gasteiger partial charge in [-0.3, -0.25) is 14.4 Å². The van der Waals surface area contributed by atoms with Crippen LogP contribution in [0.15, 0.2) is 54.2 Å². The second-order valence-electron chi connectivity index (χ2n) is 8.91. The average Bonchev–Trinajstić information content (AvgIpc) is 3.63. The Bertz CT molecular complexity index is 1400. The lowest BCUT2D eigenvalue weighted by molar-refractivity contribution is 0.0942. The zero-order valence-corrected chi connectivity index (χ0v) is 22.8. The summed E-state index contributed by atoms with van der Waals surface area (Å²) in [6, 6.07) is 11.0. The molecule has 9 nitrogen and oxygen atoms in total. The van der Waals surface area contributed by atoms with E-state index in [9.17, 15) is 14.4 Å². The van der Waals surface area contributed by atoms with E-state index in [2.05, 4.69) is 20.9 Å². The van der Waals surface area contributed by atoms with Crippen LogP contribution in [0.2, 0.25) is 0 Å². The van der Waals surface area contributed by atoms with E-state index in [4.69, 9.17) is 0 Å². The van der Waals surface area contributed by atoms with Gasteiger partial charge >= 0.3 is 0 Å². The van der Waals surface area contributed by atoms with E-state index in [0.717, 1.165) is 22.7 Å². The summed E-state index contributed by atoms with van der Waals surface area (Å²) in [5.41, 5.74) is 1.86. The standard InChI is InChI=1S/C26H30N6O3S2/c1-30(2)11-6-10-27-24(33)19-13-17(15-31(19)3)28-25(34)20-14-18(16-32(20)4)29-26(35)23-9-8-22(37-23)21-7-5-12-36-21/h5,7-9,12-16H,6,10-11H2,1-4H3,(H,27,33)(H,28,34)(H,29,35). The first-order chi connectivity index (χ1) is 17.7. The number of hydrogen-bond acceptors (Lipinski definition) is 6. The van der Waals surface area contributed by atoms with E-state index in [1.165, 1.54) is 11.3 Å². The monoisotopic (exact) mass is 538 g/mol. The van der Waals surface area contributed by atoms with Gasteiger partial charge in [0.25, 0.3) is 17.7 Å². The number of anilines is 2. The van der Waals surface area contributed by atoms with Crippen LogP contribution in [0, 0.1) is 0 Å². The van der Waals surface area contributed by atoms with Gasteiger partial charge in [-0.1, -0.05) is 6.07 Å². The van der Waals surface area contributed by atoms with Crippen molar-refractivity contribution >= 4 is 51.8 Å². The van der Waals surface area contributed by atoms with Gasteiger partial charge in [-0.05, 0) is 62.8 Å². The van der Waals surface area contributed by atoms with Gasteiger partial charge in [-0.25, -0.2) is 0 Å². The number of thiophene rings is 2. The number of rotatable bonds is 10. The first-order valence-electron chi connectivity index (χ1n) is 11.7. The molecule has 4 aromatic heterocycles. The van der Waals surface area contributed by atoms with Crippen LogP contribution in [0.3, 0.4) is 0 Å². The predicted octanol–water partition coefficient (Wildman–Crippen LogP) is 4.34. The number of nitrogens with zero attached hydrogens (tertiary/aromatic N) is 3. The smallest absolute Gasteiger partial charge is 0.272 e. The number of nitrogens with one attached hydrogen (secondary N) is 3. The third kappa shape index (κ3) is 6.56. The van der Waals surface area contributed by atoms with Gasteiger partial charge in [0.05, 0.1) is 16.3 Å². The fraction of sp³-hybridized carbons (Fsp3) is 0.269. The van der Waals surface area contributed by atoms with Gasteiger partial charge in [-0.2, -0.15) is 0 Å². The van der Waals surface area contributed by atoms with Crippen molar-refractivity contribution in [2.75, 3.05) is 37.8 Å². The molecule has 0 saturated carbocycles. The fourth-order valence-corrected chi connectivity index (χ4v) is 5.54. The van der Waals surface area contributed by atoms with Crippen molar-refractivity contribution in [1.82, 2.24) is 19.4 Å². The molecule has 0 saturated heterocycles. The fourth-order valence-electron chi connectivity index (χ4n) is 3.80. The Morgan fingerprint density at radius 3 is 2.14 bits per heavy atom. The summed E-state index contributed by atoms with van der Waals surface area (Å²) in [5.74, 6) is -0.765. The predicted molar refractivity (Wildman–Crippen MR) is 150 cm³/mol. The van der Waals surface area contributed by atoms with E-state index < -0.39 is 0 Å². The molecular formula is C26H30N6O3S2. The molecule has 0 atom stereocenters. The van der Waals surface area contributed by atoms with Crippen molar-refractivity contribution in [3.63, 3.8) is 0 Å². The second kappa shape index (κ2) is 11.6. The zero-order valence-electron chi connectivity index (χ0n) is 21.2. The zero-order chi connectivity index (χ0) is 26.5. The SMILES string of the molecule is CN(C)CCCNC(=O)c1cc(NC(=O)c2cc(NC(=O)c3ccc(-c4cccs4)s3)cn2C)cn1C. The number of carbonyl (C=O) groups excluding carboxylic acids is 3. The lowest BCUT2D eigenvalue weighted by atomic mass is 10.3. The maximum Gasteiger partial charge on any atom is 0.272 e. The Morgan fingerprint density at radius 1 is 0.865 bits per heavy atom. The minimum atomic E-state index is -0.345. The molecule has 0 spiro atoms. The molecule has 0 aliphatic carbocycles. The van der Waals surface area contributed by atoms with Crippen molar-refractivity contribution in [2.24, 2.45) is 14.1 Å². The molecular weight excluding hydrogens is 508 g/mol. The molecule has 0 radical (unpaired) electrons. The highest BCUT2D eigenvalue weighted by molar-refractivity contribution is 7.22. The van der Waals surface area contributed by atoms with Crippen molar-refractivity contribution in [3.8, 4) is 9.75 Å². The van der Waals surface area contributed by atoms with E-state index in [0.29, 0.717) is 34.2 Å². The molecule has 194 valence electrons. The lowest BCUT2D eigenvalue weighted by Crippen LogP contribution is -2.28. The summed E-state index contributed by atoms with van der Waals surface area (Å²) in [7, 11) is 7.48. The van der Waals surface area contributed by atoms with E-state index in [-0.39, 0.29) is 17.7 Å². The molecule has 4 heterocycles. The number of hydrogen-bond donors (Lipinski definition) is 3. The molecule has 0 aromatic carbocycles. The summed E-state index contributed by atoms with van der Waals surface area (Å²) in [6.07, 6.45) is 4.24. The van der Waals surface area contributed by atoms with E-state index in [1.807, 2.05) is 37.7 Å². The maximum absolute atomic E-state index is 12.9. The molecule has 0 aliphatic rings. The Balaban J connectivity index is 1.36. The Hall–Kier alpha value is -3.67. The first kappa shape index (κ1) is 26.4. The first-order valence-corrected chi connectivity index (χ1v) is 13.4. The van der Waals surface area contributed by atoms with Gasteiger partial charge < -0.3 is 30.0 Å². The van der Waals surface area contributed by atoms with Crippen LogP contribution in [0.1, 0.15) is 37.1 Å². The minimum Gasteiger partial charge on any atom is -0.351 e. The summed E-state index contributed by atoms with van der Waals surface area (Å²) >= 11 is 3.05. The number of amides is 3. The molecule has 0 fully saturated rings. The minimum absolute atomic E-state index is 0.193. The van der Waals surface area contributed by atoms with Crippen molar-refractivity contribution in [1.29, 1.82) is 0 Å². The molecule has 3 N–H and O–H groups in total. The van der Waals surface area contributed by atoms with Crippen LogP contribution in [0.5, 0.6) is 0 Å². The van der Waals surface area contributed by atoms with Gasteiger partial charge in [0.15, 0.2) is 0 Å². The largest absolute Gasteiger partial charge is 0.351 e. The van der Waals surface area contributed by atoms with Gasteiger partial charge in [0, 0.05) is 42.8 Å². The van der Waals surface area contributed by atoms with Crippen LogP contribution in [0.4, 0.5) is 11.4 Å². The molecule has 3 amide bonds. The van der Waals surface area contributed by atoms with Crippen LogP contribution in [-0.2, 0) is 14.1 Å². The van der Waals surface area contributed by atoms with E-state index in [1.54, 1.807) is 65.2 Å². The molecule has 0 aliphatic heterocycles. The summed E-state index contributed by atoms with van der Waals surface area (Å²) in [4.78, 5) is 43.0. The molecule has 4 aromatic rings. The molecule has 0 bridgehead atoms. The summed E-state index contributed by atoms with van der Waals surface area (Å²) in [6.45, 7) is 1.46. The van der Waals surface area contributed by atoms with E-state index >= 15 is 0 Å². The Kier molecular flexibility index (Phi) is 8.27. The Labute approximate surface area is 223 Å². The molecule has 0 unspecified atom stereocenters. The van der Waals surface area contributed by atoms with Gasteiger partial charge in [0.1, 0.15) is 11.4 Å². The number of aryl methyl sites for hydroxylation is 2. The van der Waals surface area contributed by atoms with Crippen LogP contribution >= 0.6 is 22.7 Å². The second-order valence-corrected chi connectivity index (χ2v) is 10.9. The van der Waals surface area contributed by atoms with Gasteiger partial charge in [0.2, 0.25) is 0 Å². The highest BCUT2D eigenvalue weighted by Gasteiger charge is 2.18. The van der Waals surface area contributed by atoms with Crippen LogP contribution in [0.25, 0.3) is 9.75 Å². The summed E-state index contributed by atoms with van der Waals surface area (Å²) < 4.78 is 3.33. The third-order valence-electron chi connectivity index (χ3n) is 5.65. The average molecular weight is 539 g/mol. The topological polar surface area (TPSA) is 100 Å².